The Morgan fingerprint density at radius 1 is 1.28 bits per heavy atom. The average Bonchev–Trinajstić information content (AvgIpc) is 2.41. The summed E-state index contributed by atoms with van der Waals surface area (Å²) in [6.07, 6.45) is 1.40. The second-order valence-corrected chi connectivity index (χ2v) is 4.49. The molecule has 0 aliphatic carbocycles. The largest absolute Gasteiger partial charge is 0.382 e. The lowest BCUT2D eigenvalue weighted by Crippen LogP contribution is -2.11. The summed E-state index contributed by atoms with van der Waals surface area (Å²) in [5.74, 6) is 1.23. The molecule has 1 aromatic heterocycles. The summed E-state index contributed by atoms with van der Waals surface area (Å²) in [5.41, 5.74) is 6.88. The standard InChI is InChI=1S/C13H15ClN4/c1-9(10-5-3-2-4-6-10)7-16-13-11(14)12(15)17-8-18-13/h2-6,8-9H,7H2,1H3,(H3,15,16,17,18). The summed E-state index contributed by atoms with van der Waals surface area (Å²) < 4.78 is 0. The van der Waals surface area contributed by atoms with Gasteiger partial charge in [-0.15, -0.1) is 0 Å². The fraction of sp³-hybridized carbons (Fsp3) is 0.231. The van der Waals surface area contributed by atoms with E-state index in [9.17, 15) is 0 Å². The zero-order chi connectivity index (χ0) is 13.0. The van der Waals surface area contributed by atoms with Crippen molar-refractivity contribution in [3.8, 4) is 0 Å². The Bertz CT molecular complexity index is 516. The van der Waals surface area contributed by atoms with E-state index in [1.807, 2.05) is 18.2 Å². The minimum atomic E-state index is 0.293. The van der Waals surface area contributed by atoms with E-state index in [2.05, 4.69) is 34.3 Å². The Balaban J connectivity index is 2.02. The second kappa shape index (κ2) is 5.69. The third kappa shape index (κ3) is 2.90. The van der Waals surface area contributed by atoms with Crippen molar-refractivity contribution in [1.29, 1.82) is 0 Å². The molecule has 0 spiro atoms. The lowest BCUT2D eigenvalue weighted by molar-refractivity contribution is 0.801. The van der Waals surface area contributed by atoms with Gasteiger partial charge in [0.15, 0.2) is 0 Å². The van der Waals surface area contributed by atoms with E-state index in [1.165, 1.54) is 11.9 Å². The predicted molar refractivity (Wildman–Crippen MR) is 74.8 cm³/mol. The molecule has 94 valence electrons. The van der Waals surface area contributed by atoms with Gasteiger partial charge in [0.1, 0.15) is 23.0 Å². The molecule has 0 fully saturated rings. The number of aromatic nitrogens is 2. The van der Waals surface area contributed by atoms with Crippen LogP contribution in [0.1, 0.15) is 18.4 Å². The monoisotopic (exact) mass is 262 g/mol. The summed E-state index contributed by atoms with van der Waals surface area (Å²) in [6.45, 7) is 2.88. The van der Waals surface area contributed by atoms with Crippen molar-refractivity contribution in [2.24, 2.45) is 0 Å². The quantitative estimate of drug-likeness (QED) is 0.889. The number of nitrogen functional groups attached to an aromatic ring is 1. The predicted octanol–water partition coefficient (Wildman–Crippen LogP) is 2.93. The van der Waals surface area contributed by atoms with Gasteiger partial charge in [-0.05, 0) is 11.5 Å². The van der Waals surface area contributed by atoms with Gasteiger partial charge >= 0.3 is 0 Å². The summed E-state index contributed by atoms with van der Waals surface area (Å²) in [5, 5.41) is 3.56. The number of anilines is 2. The molecular weight excluding hydrogens is 248 g/mol. The highest BCUT2D eigenvalue weighted by Gasteiger charge is 2.09. The van der Waals surface area contributed by atoms with Crippen LogP contribution in [0.4, 0.5) is 11.6 Å². The Labute approximate surface area is 111 Å². The van der Waals surface area contributed by atoms with Crippen molar-refractivity contribution < 1.29 is 0 Å². The third-order valence-electron chi connectivity index (χ3n) is 2.76. The maximum absolute atomic E-state index is 6.01. The van der Waals surface area contributed by atoms with E-state index in [-0.39, 0.29) is 0 Å². The Morgan fingerprint density at radius 2 is 2.00 bits per heavy atom. The van der Waals surface area contributed by atoms with E-state index in [0.717, 1.165) is 6.54 Å². The van der Waals surface area contributed by atoms with E-state index in [4.69, 9.17) is 17.3 Å². The number of nitrogens with one attached hydrogen (secondary N) is 1. The molecule has 0 radical (unpaired) electrons. The van der Waals surface area contributed by atoms with Crippen LogP contribution in [-0.4, -0.2) is 16.5 Å². The molecule has 1 unspecified atom stereocenters. The normalized spacial score (nSPS) is 12.1. The molecule has 0 amide bonds. The molecule has 1 heterocycles. The van der Waals surface area contributed by atoms with Gasteiger partial charge in [-0.25, -0.2) is 9.97 Å². The Hall–Kier alpha value is -1.81. The first-order valence-electron chi connectivity index (χ1n) is 5.73. The van der Waals surface area contributed by atoms with Crippen LogP contribution in [0, 0.1) is 0 Å². The lowest BCUT2D eigenvalue weighted by atomic mass is 10.0. The molecule has 5 heteroatoms. The third-order valence-corrected chi connectivity index (χ3v) is 3.13. The zero-order valence-electron chi connectivity index (χ0n) is 10.1. The highest BCUT2D eigenvalue weighted by molar-refractivity contribution is 6.35. The van der Waals surface area contributed by atoms with Crippen molar-refractivity contribution in [3.05, 3.63) is 47.2 Å². The van der Waals surface area contributed by atoms with Crippen LogP contribution in [0.25, 0.3) is 0 Å². The van der Waals surface area contributed by atoms with E-state index in [1.54, 1.807) is 0 Å². The molecule has 2 aromatic rings. The number of hydrogen-bond acceptors (Lipinski definition) is 4. The number of hydrogen-bond donors (Lipinski definition) is 2. The van der Waals surface area contributed by atoms with Crippen molar-refractivity contribution in [2.75, 3.05) is 17.6 Å². The SMILES string of the molecule is CC(CNc1ncnc(N)c1Cl)c1ccccc1. The van der Waals surface area contributed by atoms with Crippen molar-refractivity contribution >= 4 is 23.2 Å². The van der Waals surface area contributed by atoms with Crippen LogP contribution in [-0.2, 0) is 0 Å². The van der Waals surface area contributed by atoms with Crippen LogP contribution in [0.15, 0.2) is 36.7 Å². The fourth-order valence-electron chi connectivity index (χ4n) is 1.66. The van der Waals surface area contributed by atoms with Crippen molar-refractivity contribution in [2.45, 2.75) is 12.8 Å². The van der Waals surface area contributed by atoms with Gasteiger partial charge in [-0.2, -0.15) is 0 Å². The van der Waals surface area contributed by atoms with E-state index >= 15 is 0 Å². The maximum atomic E-state index is 6.01. The summed E-state index contributed by atoms with van der Waals surface area (Å²) >= 11 is 6.01. The van der Waals surface area contributed by atoms with Gasteiger partial charge in [-0.3, -0.25) is 0 Å². The van der Waals surface area contributed by atoms with Crippen molar-refractivity contribution in [1.82, 2.24) is 9.97 Å². The zero-order valence-corrected chi connectivity index (χ0v) is 10.9. The van der Waals surface area contributed by atoms with Crippen LogP contribution in [0.5, 0.6) is 0 Å². The molecule has 18 heavy (non-hydrogen) atoms. The minimum absolute atomic E-state index is 0.293. The van der Waals surface area contributed by atoms with Crippen LogP contribution in [0.3, 0.4) is 0 Å². The second-order valence-electron chi connectivity index (χ2n) is 4.11. The molecule has 1 atom stereocenters. The van der Waals surface area contributed by atoms with Gasteiger partial charge in [0.25, 0.3) is 0 Å². The molecule has 0 saturated heterocycles. The highest BCUT2D eigenvalue weighted by Crippen LogP contribution is 2.24. The van der Waals surface area contributed by atoms with Crippen LogP contribution in [0.2, 0.25) is 5.02 Å². The van der Waals surface area contributed by atoms with Gasteiger partial charge < -0.3 is 11.1 Å². The molecule has 0 saturated carbocycles. The van der Waals surface area contributed by atoms with Crippen molar-refractivity contribution in [3.63, 3.8) is 0 Å². The number of halogens is 1. The summed E-state index contributed by atoms with van der Waals surface area (Å²) in [6, 6.07) is 10.3. The molecule has 0 aliphatic rings. The molecule has 0 bridgehead atoms. The summed E-state index contributed by atoms with van der Waals surface area (Å²) in [7, 11) is 0. The van der Waals surface area contributed by atoms with Crippen LogP contribution >= 0.6 is 11.6 Å². The van der Waals surface area contributed by atoms with Crippen LogP contribution < -0.4 is 11.1 Å². The number of benzene rings is 1. The molecule has 1 aromatic carbocycles. The molecule has 0 aliphatic heterocycles. The first kappa shape index (κ1) is 12.6. The van der Waals surface area contributed by atoms with Gasteiger partial charge in [0.05, 0.1) is 0 Å². The lowest BCUT2D eigenvalue weighted by Gasteiger charge is -2.14. The molecule has 2 rings (SSSR count). The average molecular weight is 263 g/mol. The smallest absolute Gasteiger partial charge is 0.150 e. The summed E-state index contributed by atoms with van der Waals surface area (Å²) in [4.78, 5) is 7.89. The number of nitrogens with zero attached hydrogens (tertiary/aromatic N) is 2. The van der Waals surface area contributed by atoms with Gasteiger partial charge in [-0.1, -0.05) is 48.9 Å². The topological polar surface area (TPSA) is 63.8 Å². The molecule has 3 N–H and O–H groups in total. The maximum Gasteiger partial charge on any atom is 0.150 e. The molecule has 4 nitrogen and oxygen atoms in total. The number of nitrogens with two attached hydrogens (primary N) is 1. The number of rotatable bonds is 4. The first-order chi connectivity index (χ1) is 8.68. The van der Waals surface area contributed by atoms with E-state index < -0.39 is 0 Å². The fourth-order valence-corrected chi connectivity index (χ4v) is 1.82. The highest BCUT2D eigenvalue weighted by atomic mass is 35.5. The molecular formula is C13H15ClN4. The van der Waals surface area contributed by atoms with Gasteiger partial charge in [0, 0.05) is 6.54 Å². The Morgan fingerprint density at radius 3 is 2.72 bits per heavy atom. The first-order valence-corrected chi connectivity index (χ1v) is 6.11. The van der Waals surface area contributed by atoms with E-state index in [0.29, 0.717) is 22.6 Å². The van der Waals surface area contributed by atoms with Gasteiger partial charge in [0.2, 0.25) is 0 Å². The Kier molecular flexibility index (Phi) is 3.99. The minimum Gasteiger partial charge on any atom is -0.382 e.